The van der Waals surface area contributed by atoms with Gasteiger partial charge >= 0.3 is 17.9 Å². The molecule has 0 saturated carbocycles. The zero-order chi connectivity index (χ0) is 24.1. The van der Waals surface area contributed by atoms with Gasteiger partial charge in [-0.15, -0.1) is 0 Å². The second-order valence-electron chi connectivity index (χ2n) is 7.01. The number of hydrogen-bond donors (Lipinski definition) is 7. The van der Waals surface area contributed by atoms with Crippen LogP contribution in [0.4, 0.5) is 0 Å². The molecule has 0 heterocycles. The third-order valence-corrected chi connectivity index (χ3v) is 4.54. The molecule has 0 fully saturated rings. The summed E-state index contributed by atoms with van der Waals surface area (Å²) in [7, 11) is 0. The Balaban J connectivity index is 5.03. The molecule has 4 atom stereocenters. The van der Waals surface area contributed by atoms with Crippen molar-refractivity contribution in [1.29, 1.82) is 0 Å². The number of nitrogens with two attached hydrogens (primary N) is 1. The average molecular weight is 446 g/mol. The minimum Gasteiger partial charge on any atom is -0.481 e. The molecule has 8 N–H and O–H groups in total. The topological polar surface area (TPSA) is 225 Å². The Morgan fingerprint density at radius 3 is 1.81 bits per heavy atom. The van der Waals surface area contributed by atoms with Gasteiger partial charge in [0.25, 0.3) is 0 Å². The van der Waals surface area contributed by atoms with Crippen molar-refractivity contribution >= 4 is 35.6 Å². The van der Waals surface area contributed by atoms with Gasteiger partial charge in [0, 0.05) is 12.8 Å². The van der Waals surface area contributed by atoms with Crippen molar-refractivity contribution in [1.82, 2.24) is 16.0 Å². The Bertz CT molecular complexity index is 683. The van der Waals surface area contributed by atoms with Crippen molar-refractivity contribution < 1.29 is 44.1 Å². The highest BCUT2D eigenvalue weighted by atomic mass is 16.4. The van der Waals surface area contributed by atoms with Crippen LogP contribution in [0.15, 0.2) is 0 Å². The van der Waals surface area contributed by atoms with Crippen molar-refractivity contribution in [2.45, 2.75) is 64.1 Å². The third kappa shape index (κ3) is 11.5. The third-order valence-electron chi connectivity index (χ3n) is 4.54. The van der Waals surface area contributed by atoms with Crippen LogP contribution in [0.1, 0.15) is 46.0 Å². The number of hydrogen-bond acceptors (Lipinski definition) is 7. The summed E-state index contributed by atoms with van der Waals surface area (Å²) in [5, 5.41) is 33.3. The lowest BCUT2D eigenvalue weighted by atomic mass is 9.99. The first-order chi connectivity index (χ1) is 14.4. The second-order valence-corrected chi connectivity index (χ2v) is 7.01. The molecule has 0 bridgehead atoms. The Morgan fingerprint density at radius 2 is 1.35 bits per heavy atom. The molecule has 13 heteroatoms. The van der Waals surface area contributed by atoms with Gasteiger partial charge in [-0.2, -0.15) is 0 Å². The lowest BCUT2D eigenvalue weighted by Gasteiger charge is -2.21. The SMILES string of the molecule is CCC(C)C(N)C(=O)NCC(=O)NC(CCC(=O)O)C(=O)NC(CCC(=O)O)C(=O)O. The van der Waals surface area contributed by atoms with E-state index in [1.807, 2.05) is 6.92 Å². The van der Waals surface area contributed by atoms with E-state index in [1.165, 1.54) is 0 Å². The second kappa shape index (κ2) is 13.9. The first kappa shape index (κ1) is 27.8. The van der Waals surface area contributed by atoms with E-state index in [4.69, 9.17) is 21.1 Å². The number of carboxylic acids is 3. The van der Waals surface area contributed by atoms with Crippen LogP contribution in [0.2, 0.25) is 0 Å². The van der Waals surface area contributed by atoms with Crippen LogP contribution in [0.5, 0.6) is 0 Å². The van der Waals surface area contributed by atoms with Gasteiger partial charge in [0.05, 0.1) is 12.6 Å². The molecule has 0 aromatic carbocycles. The first-order valence-electron chi connectivity index (χ1n) is 9.68. The Hall–Kier alpha value is -3.22. The van der Waals surface area contributed by atoms with Crippen molar-refractivity contribution in [3.63, 3.8) is 0 Å². The van der Waals surface area contributed by atoms with Crippen LogP contribution in [-0.4, -0.2) is 75.6 Å². The highest BCUT2D eigenvalue weighted by molar-refractivity contribution is 5.92. The maximum absolute atomic E-state index is 12.4. The molecule has 3 amide bonds. The molecule has 0 rings (SSSR count). The number of aliphatic carboxylic acids is 3. The fraction of sp³-hybridized carbons (Fsp3) is 0.667. The number of carbonyl (C=O) groups excluding carboxylic acids is 3. The highest BCUT2D eigenvalue weighted by Crippen LogP contribution is 2.05. The summed E-state index contributed by atoms with van der Waals surface area (Å²) in [6.07, 6.45) is -1.13. The molecule has 0 radical (unpaired) electrons. The fourth-order valence-corrected chi connectivity index (χ4v) is 2.38. The fourth-order valence-electron chi connectivity index (χ4n) is 2.38. The number of nitrogens with one attached hydrogen (secondary N) is 3. The number of rotatable bonds is 15. The minimum absolute atomic E-state index is 0.129. The predicted molar refractivity (Wildman–Crippen MR) is 106 cm³/mol. The molecule has 0 aliphatic carbocycles. The minimum atomic E-state index is -1.54. The highest BCUT2D eigenvalue weighted by Gasteiger charge is 2.28. The molecule has 0 aromatic rings. The molecular formula is C18H30N4O9. The van der Waals surface area contributed by atoms with E-state index in [2.05, 4.69) is 16.0 Å². The quantitative estimate of drug-likeness (QED) is 0.150. The van der Waals surface area contributed by atoms with E-state index < -0.39 is 79.6 Å². The summed E-state index contributed by atoms with van der Waals surface area (Å²) in [6, 6.07) is -3.79. The lowest BCUT2D eigenvalue weighted by molar-refractivity contribution is -0.144. The summed E-state index contributed by atoms with van der Waals surface area (Å²) < 4.78 is 0. The van der Waals surface area contributed by atoms with Gasteiger partial charge < -0.3 is 37.0 Å². The van der Waals surface area contributed by atoms with Gasteiger partial charge in [0.15, 0.2) is 0 Å². The zero-order valence-electron chi connectivity index (χ0n) is 17.4. The first-order valence-corrected chi connectivity index (χ1v) is 9.68. The van der Waals surface area contributed by atoms with Crippen LogP contribution in [0, 0.1) is 5.92 Å². The van der Waals surface area contributed by atoms with Gasteiger partial charge in [-0.3, -0.25) is 24.0 Å². The number of amides is 3. The Kier molecular flexibility index (Phi) is 12.5. The van der Waals surface area contributed by atoms with Crippen LogP contribution < -0.4 is 21.7 Å². The molecule has 0 saturated heterocycles. The van der Waals surface area contributed by atoms with Crippen molar-refractivity contribution in [2.75, 3.05) is 6.54 Å². The van der Waals surface area contributed by atoms with Crippen LogP contribution >= 0.6 is 0 Å². The van der Waals surface area contributed by atoms with E-state index in [9.17, 15) is 28.8 Å². The maximum Gasteiger partial charge on any atom is 0.326 e. The molecule has 13 nitrogen and oxygen atoms in total. The Morgan fingerprint density at radius 1 is 0.839 bits per heavy atom. The smallest absolute Gasteiger partial charge is 0.326 e. The summed E-state index contributed by atoms with van der Waals surface area (Å²) in [4.78, 5) is 69.1. The summed E-state index contributed by atoms with van der Waals surface area (Å²) in [5.41, 5.74) is 5.75. The maximum atomic E-state index is 12.4. The van der Waals surface area contributed by atoms with Crippen molar-refractivity contribution in [3.05, 3.63) is 0 Å². The predicted octanol–water partition coefficient (Wildman–Crippen LogP) is -1.74. The monoisotopic (exact) mass is 446 g/mol. The average Bonchev–Trinajstić information content (AvgIpc) is 2.70. The van der Waals surface area contributed by atoms with E-state index in [0.29, 0.717) is 6.42 Å². The van der Waals surface area contributed by atoms with Crippen LogP contribution in [0.25, 0.3) is 0 Å². The van der Waals surface area contributed by atoms with Crippen LogP contribution in [0.3, 0.4) is 0 Å². The molecule has 176 valence electrons. The molecule has 31 heavy (non-hydrogen) atoms. The number of carboxylic acid groups (broad SMARTS) is 3. The van der Waals surface area contributed by atoms with Gasteiger partial charge in [-0.25, -0.2) is 4.79 Å². The Labute approximate surface area is 178 Å². The molecule has 4 unspecified atom stereocenters. The van der Waals surface area contributed by atoms with Gasteiger partial charge in [-0.1, -0.05) is 20.3 Å². The zero-order valence-corrected chi connectivity index (χ0v) is 17.4. The van der Waals surface area contributed by atoms with E-state index in [1.54, 1.807) is 6.92 Å². The molecule has 0 aromatic heterocycles. The van der Waals surface area contributed by atoms with Gasteiger partial charge in [0.1, 0.15) is 12.1 Å². The lowest BCUT2D eigenvalue weighted by Crippen LogP contribution is -2.54. The largest absolute Gasteiger partial charge is 0.481 e. The van der Waals surface area contributed by atoms with E-state index in [-0.39, 0.29) is 12.3 Å². The summed E-state index contributed by atoms with van der Waals surface area (Å²) >= 11 is 0. The molecule has 0 aliphatic rings. The normalized spacial score (nSPS) is 14.4. The molecule has 0 aliphatic heterocycles. The van der Waals surface area contributed by atoms with Crippen LogP contribution in [-0.2, 0) is 28.8 Å². The number of carbonyl (C=O) groups is 6. The standard InChI is InChI=1S/C18H30N4O9/c1-3-9(2)15(19)17(29)20-8-12(23)21-10(4-6-13(24)25)16(28)22-11(18(30)31)5-7-14(26)27/h9-11,15H,3-8,19H2,1-2H3,(H,20,29)(H,21,23)(H,22,28)(H,24,25)(H,26,27)(H,30,31). The molecule has 0 spiro atoms. The van der Waals surface area contributed by atoms with Crippen molar-refractivity contribution in [3.8, 4) is 0 Å². The summed E-state index contributed by atoms with van der Waals surface area (Å²) in [5.74, 6) is -6.50. The van der Waals surface area contributed by atoms with Crippen molar-refractivity contribution in [2.24, 2.45) is 11.7 Å². The summed E-state index contributed by atoms with van der Waals surface area (Å²) in [6.45, 7) is 3.08. The van der Waals surface area contributed by atoms with E-state index in [0.717, 1.165) is 0 Å². The van der Waals surface area contributed by atoms with E-state index >= 15 is 0 Å². The molecular weight excluding hydrogens is 416 g/mol. The van der Waals surface area contributed by atoms with Gasteiger partial charge in [-0.05, 0) is 18.8 Å². The van der Waals surface area contributed by atoms with Gasteiger partial charge in [0.2, 0.25) is 17.7 Å².